The minimum atomic E-state index is 0.863. The smallest absolute Gasteiger partial charge is 0.137 e. The van der Waals surface area contributed by atoms with E-state index in [1.54, 1.807) is 6.34 Å². The quantitative estimate of drug-likeness (QED) is 0.649. The summed E-state index contributed by atoms with van der Waals surface area (Å²) >= 11 is 0. The van der Waals surface area contributed by atoms with Gasteiger partial charge in [0.1, 0.15) is 5.82 Å². The Hall–Kier alpha value is -1.77. The van der Waals surface area contributed by atoms with Gasteiger partial charge in [-0.25, -0.2) is 4.99 Å². The Balaban J connectivity index is 2.39. The maximum absolute atomic E-state index is 4.27. The van der Waals surface area contributed by atoms with Crippen LogP contribution in [0.1, 0.15) is 11.1 Å². The normalized spacial score (nSPS) is 14.1. The lowest BCUT2D eigenvalue weighted by Gasteiger charge is -2.06. The van der Waals surface area contributed by atoms with Gasteiger partial charge in [0.05, 0.1) is 6.34 Å². The van der Waals surface area contributed by atoms with Crippen molar-refractivity contribution in [2.45, 2.75) is 13.5 Å². The summed E-state index contributed by atoms with van der Waals surface area (Å²) in [5, 5.41) is 4.41. The van der Waals surface area contributed by atoms with Gasteiger partial charge in [-0.2, -0.15) is 0 Å². The number of H-pyrrole nitrogens is 1. The van der Waals surface area contributed by atoms with Gasteiger partial charge in [-0.1, -0.05) is 11.6 Å². The first-order valence-electron chi connectivity index (χ1n) is 4.72. The van der Waals surface area contributed by atoms with E-state index in [0.717, 1.165) is 12.4 Å². The van der Waals surface area contributed by atoms with Gasteiger partial charge >= 0.3 is 0 Å². The van der Waals surface area contributed by atoms with Crippen LogP contribution in [0.15, 0.2) is 23.2 Å². The number of hydrogen-bond acceptors (Lipinski definition) is 2. The van der Waals surface area contributed by atoms with Crippen LogP contribution in [-0.2, 0) is 6.54 Å². The number of rotatable bonds is 0. The SMILES string of the molecule is Cc1ccc2[nH]c3c(c2c1)CNC=N3. The number of aromatic amines is 1. The summed E-state index contributed by atoms with van der Waals surface area (Å²) < 4.78 is 0. The van der Waals surface area contributed by atoms with E-state index in [4.69, 9.17) is 0 Å². The van der Waals surface area contributed by atoms with Crippen LogP contribution in [0.3, 0.4) is 0 Å². The van der Waals surface area contributed by atoms with E-state index < -0.39 is 0 Å². The summed E-state index contributed by atoms with van der Waals surface area (Å²) in [6.45, 7) is 2.97. The van der Waals surface area contributed by atoms with E-state index in [2.05, 4.69) is 40.4 Å². The van der Waals surface area contributed by atoms with Gasteiger partial charge in [-0.15, -0.1) is 0 Å². The third-order valence-electron chi connectivity index (χ3n) is 2.60. The zero-order chi connectivity index (χ0) is 9.54. The molecule has 3 heteroatoms. The lowest BCUT2D eigenvalue weighted by atomic mass is 10.1. The minimum absolute atomic E-state index is 0.863. The maximum Gasteiger partial charge on any atom is 0.137 e. The molecular weight excluding hydrogens is 174 g/mol. The molecule has 2 heterocycles. The molecule has 14 heavy (non-hydrogen) atoms. The molecule has 1 aromatic carbocycles. The van der Waals surface area contributed by atoms with Crippen molar-refractivity contribution in [3.05, 3.63) is 29.3 Å². The Bertz CT molecular complexity index is 523. The van der Waals surface area contributed by atoms with Gasteiger partial charge < -0.3 is 10.3 Å². The van der Waals surface area contributed by atoms with E-state index in [1.165, 1.54) is 22.0 Å². The zero-order valence-corrected chi connectivity index (χ0v) is 7.96. The molecule has 0 unspecified atom stereocenters. The summed E-state index contributed by atoms with van der Waals surface area (Å²) in [4.78, 5) is 7.57. The molecule has 70 valence electrons. The van der Waals surface area contributed by atoms with Crippen LogP contribution in [0.4, 0.5) is 5.82 Å². The van der Waals surface area contributed by atoms with Gasteiger partial charge in [0.25, 0.3) is 0 Å². The predicted octanol–water partition coefficient (Wildman–Crippen LogP) is 2.24. The number of hydrogen-bond donors (Lipinski definition) is 2. The molecule has 0 aliphatic carbocycles. The Morgan fingerprint density at radius 1 is 1.36 bits per heavy atom. The van der Waals surface area contributed by atoms with Crippen molar-refractivity contribution in [3.63, 3.8) is 0 Å². The van der Waals surface area contributed by atoms with Crippen molar-refractivity contribution in [2.24, 2.45) is 4.99 Å². The van der Waals surface area contributed by atoms with E-state index in [0.29, 0.717) is 0 Å². The maximum atomic E-state index is 4.27. The molecule has 0 fully saturated rings. The van der Waals surface area contributed by atoms with Crippen LogP contribution < -0.4 is 5.32 Å². The highest BCUT2D eigenvalue weighted by atomic mass is 15.0. The lowest BCUT2D eigenvalue weighted by Crippen LogP contribution is -2.13. The first-order valence-corrected chi connectivity index (χ1v) is 4.72. The number of nitrogens with zero attached hydrogens (tertiary/aromatic N) is 1. The van der Waals surface area contributed by atoms with Crippen LogP contribution in [0, 0.1) is 6.92 Å². The largest absolute Gasteiger partial charge is 0.372 e. The van der Waals surface area contributed by atoms with Crippen molar-refractivity contribution in [1.29, 1.82) is 0 Å². The number of aromatic nitrogens is 1. The first kappa shape index (κ1) is 7.62. The van der Waals surface area contributed by atoms with Crippen molar-refractivity contribution in [3.8, 4) is 0 Å². The Labute approximate surface area is 81.9 Å². The van der Waals surface area contributed by atoms with Crippen LogP contribution in [-0.4, -0.2) is 11.3 Å². The zero-order valence-electron chi connectivity index (χ0n) is 7.96. The second-order valence-corrected chi connectivity index (χ2v) is 3.64. The molecule has 0 saturated carbocycles. The highest BCUT2D eigenvalue weighted by molar-refractivity contribution is 5.90. The molecule has 1 aliphatic heterocycles. The topological polar surface area (TPSA) is 40.2 Å². The second kappa shape index (κ2) is 2.61. The van der Waals surface area contributed by atoms with E-state index in [-0.39, 0.29) is 0 Å². The Morgan fingerprint density at radius 3 is 3.21 bits per heavy atom. The van der Waals surface area contributed by atoms with Crippen molar-refractivity contribution in [1.82, 2.24) is 10.3 Å². The molecule has 2 N–H and O–H groups in total. The lowest BCUT2D eigenvalue weighted by molar-refractivity contribution is 0.919. The average molecular weight is 185 g/mol. The van der Waals surface area contributed by atoms with Crippen molar-refractivity contribution >= 4 is 23.1 Å². The summed E-state index contributed by atoms with van der Waals surface area (Å²) in [6, 6.07) is 6.42. The molecule has 3 rings (SSSR count). The van der Waals surface area contributed by atoms with Gasteiger partial charge in [0.15, 0.2) is 0 Å². The fourth-order valence-electron chi connectivity index (χ4n) is 1.89. The third kappa shape index (κ3) is 0.954. The molecule has 0 atom stereocenters. The Kier molecular flexibility index (Phi) is 1.42. The van der Waals surface area contributed by atoms with Crippen molar-refractivity contribution < 1.29 is 0 Å². The predicted molar refractivity (Wildman–Crippen MR) is 58.0 cm³/mol. The molecular formula is C11H11N3. The molecule has 0 spiro atoms. The summed E-state index contributed by atoms with van der Waals surface area (Å²) in [5.41, 5.74) is 3.72. The monoisotopic (exact) mass is 185 g/mol. The van der Waals surface area contributed by atoms with Gasteiger partial charge in [0.2, 0.25) is 0 Å². The number of fused-ring (bicyclic) bond motifs is 3. The number of nitrogens with one attached hydrogen (secondary N) is 2. The summed E-state index contributed by atoms with van der Waals surface area (Å²) in [5.74, 6) is 0.990. The highest BCUT2D eigenvalue weighted by Crippen LogP contribution is 2.29. The fraction of sp³-hybridized carbons (Fsp3) is 0.182. The molecule has 0 saturated heterocycles. The number of aryl methyl sites for hydroxylation is 1. The molecule has 1 aliphatic rings. The van der Waals surface area contributed by atoms with Gasteiger partial charge in [-0.3, -0.25) is 0 Å². The minimum Gasteiger partial charge on any atom is -0.372 e. The van der Waals surface area contributed by atoms with E-state index in [1.807, 2.05) is 0 Å². The molecule has 1 aromatic heterocycles. The summed E-state index contributed by atoms with van der Waals surface area (Å²) in [6.07, 6.45) is 1.74. The molecule has 2 aromatic rings. The van der Waals surface area contributed by atoms with E-state index in [9.17, 15) is 0 Å². The standard InChI is InChI=1S/C11H11N3/c1-7-2-3-10-8(4-7)9-5-12-6-13-11(9)14-10/h2-4,6,14H,5H2,1H3,(H,12,13). The molecule has 0 amide bonds. The Morgan fingerprint density at radius 2 is 2.29 bits per heavy atom. The van der Waals surface area contributed by atoms with Crippen LogP contribution in [0.25, 0.3) is 10.9 Å². The number of benzene rings is 1. The average Bonchev–Trinajstić information content (AvgIpc) is 2.56. The molecule has 3 nitrogen and oxygen atoms in total. The first-order chi connectivity index (χ1) is 6.84. The van der Waals surface area contributed by atoms with Gasteiger partial charge in [-0.05, 0) is 19.1 Å². The van der Waals surface area contributed by atoms with Crippen molar-refractivity contribution in [2.75, 3.05) is 0 Å². The fourth-order valence-corrected chi connectivity index (χ4v) is 1.89. The molecule has 0 radical (unpaired) electrons. The number of aliphatic imine (C=N–C) groups is 1. The molecule has 0 bridgehead atoms. The van der Waals surface area contributed by atoms with E-state index >= 15 is 0 Å². The second-order valence-electron chi connectivity index (χ2n) is 3.64. The van der Waals surface area contributed by atoms with Crippen LogP contribution in [0.2, 0.25) is 0 Å². The highest BCUT2D eigenvalue weighted by Gasteiger charge is 2.12. The summed E-state index contributed by atoms with van der Waals surface area (Å²) in [7, 11) is 0. The third-order valence-corrected chi connectivity index (χ3v) is 2.60. The van der Waals surface area contributed by atoms with Crippen LogP contribution >= 0.6 is 0 Å². The van der Waals surface area contributed by atoms with Crippen LogP contribution in [0.5, 0.6) is 0 Å². The van der Waals surface area contributed by atoms with Gasteiger partial charge in [0, 0.05) is 23.0 Å².